The van der Waals surface area contributed by atoms with Crippen molar-refractivity contribution in [1.29, 1.82) is 0 Å². The first-order chi connectivity index (χ1) is 6.11. The molecule has 5 nitrogen and oxygen atoms in total. The van der Waals surface area contributed by atoms with Crippen molar-refractivity contribution >= 4 is 11.8 Å². The fourth-order valence-electron chi connectivity index (χ4n) is 0.967. The summed E-state index contributed by atoms with van der Waals surface area (Å²) >= 11 is 0. The summed E-state index contributed by atoms with van der Waals surface area (Å²) in [6.07, 6.45) is 0. The molecule has 0 aliphatic carbocycles. The first-order valence-corrected chi connectivity index (χ1v) is 4.09. The lowest BCUT2D eigenvalue weighted by Crippen LogP contribution is -2.20. The van der Waals surface area contributed by atoms with Crippen LogP contribution in [0.2, 0.25) is 0 Å². The Labute approximate surface area is 78.2 Å². The van der Waals surface area contributed by atoms with Gasteiger partial charge in [0.05, 0.1) is 0 Å². The Kier molecular flexibility index (Phi) is 3.02. The van der Waals surface area contributed by atoms with Crippen LogP contribution in [0.25, 0.3) is 0 Å². The second-order valence-electron chi connectivity index (χ2n) is 2.97. The van der Waals surface area contributed by atoms with Gasteiger partial charge in [-0.1, -0.05) is 0 Å². The summed E-state index contributed by atoms with van der Waals surface area (Å²) in [4.78, 5) is 8.40. The van der Waals surface area contributed by atoms with Gasteiger partial charge in [-0.2, -0.15) is 4.98 Å². The van der Waals surface area contributed by atoms with Crippen LogP contribution in [-0.4, -0.2) is 36.1 Å². The zero-order valence-corrected chi connectivity index (χ0v) is 8.42. The van der Waals surface area contributed by atoms with Crippen molar-refractivity contribution in [2.75, 3.05) is 31.9 Å². The first kappa shape index (κ1) is 9.73. The molecule has 0 aliphatic heterocycles. The molecule has 0 aliphatic rings. The highest BCUT2D eigenvalue weighted by Crippen LogP contribution is 2.08. The van der Waals surface area contributed by atoms with Crippen LogP contribution >= 0.6 is 0 Å². The second-order valence-corrected chi connectivity index (χ2v) is 2.97. The van der Waals surface area contributed by atoms with Crippen molar-refractivity contribution in [3.63, 3.8) is 0 Å². The molecule has 1 aromatic rings. The van der Waals surface area contributed by atoms with Crippen molar-refractivity contribution in [2.45, 2.75) is 6.92 Å². The normalized spacial score (nSPS) is 10.2. The van der Waals surface area contributed by atoms with Crippen molar-refractivity contribution < 1.29 is 0 Å². The van der Waals surface area contributed by atoms with Crippen LogP contribution < -0.4 is 10.7 Å². The molecule has 72 valence electrons. The third-order valence-corrected chi connectivity index (χ3v) is 1.42. The maximum absolute atomic E-state index is 4.22. The van der Waals surface area contributed by atoms with Crippen molar-refractivity contribution in [3.05, 3.63) is 11.8 Å². The number of hydrogen-bond acceptors (Lipinski definition) is 5. The van der Waals surface area contributed by atoms with Gasteiger partial charge >= 0.3 is 0 Å². The molecule has 0 fully saturated rings. The van der Waals surface area contributed by atoms with Gasteiger partial charge in [-0.3, -0.25) is 0 Å². The van der Waals surface area contributed by atoms with Gasteiger partial charge in [-0.25, -0.2) is 9.99 Å². The van der Waals surface area contributed by atoms with E-state index in [1.54, 1.807) is 7.05 Å². The third-order valence-electron chi connectivity index (χ3n) is 1.42. The predicted octanol–water partition coefficient (Wildman–Crippen LogP) is 0.715. The molecular weight excluding hydrogens is 166 g/mol. The van der Waals surface area contributed by atoms with Gasteiger partial charge in [-0.15, -0.1) is 0 Å². The Hall–Kier alpha value is -1.36. The smallest absolute Gasteiger partial charge is 0.224 e. The van der Waals surface area contributed by atoms with E-state index in [1.165, 1.54) is 0 Å². The average Bonchev–Trinajstić information content (AvgIpc) is 2.01. The molecule has 0 saturated carbocycles. The molecule has 1 rings (SSSR count). The van der Waals surface area contributed by atoms with Crippen LogP contribution in [0.5, 0.6) is 0 Å². The van der Waals surface area contributed by atoms with E-state index in [-0.39, 0.29) is 0 Å². The van der Waals surface area contributed by atoms with E-state index in [4.69, 9.17) is 0 Å². The van der Waals surface area contributed by atoms with Gasteiger partial charge in [0.2, 0.25) is 5.95 Å². The van der Waals surface area contributed by atoms with Crippen LogP contribution in [-0.2, 0) is 0 Å². The van der Waals surface area contributed by atoms with Gasteiger partial charge < -0.3 is 10.7 Å². The Balaban J connectivity index is 2.88. The maximum Gasteiger partial charge on any atom is 0.224 e. The number of hydrogen-bond donors (Lipinski definition) is 2. The standard InChI is InChI=1S/C8H15N5/c1-6-5-7(12-13(3)4)11-8(9-2)10-6/h5H,1-4H3,(H2,9,10,11,12). The lowest BCUT2D eigenvalue weighted by atomic mass is 10.4. The lowest BCUT2D eigenvalue weighted by Gasteiger charge is -2.13. The minimum absolute atomic E-state index is 0.629. The van der Waals surface area contributed by atoms with Gasteiger partial charge in [0.1, 0.15) is 5.82 Å². The molecule has 0 unspecified atom stereocenters. The Morgan fingerprint density at radius 2 is 2.00 bits per heavy atom. The zero-order chi connectivity index (χ0) is 9.84. The van der Waals surface area contributed by atoms with E-state index in [2.05, 4.69) is 20.7 Å². The summed E-state index contributed by atoms with van der Waals surface area (Å²) in [5, 5.41) is 4.74. The monoisotopic (exact) mass is 181 g/mol. The second kappa shape index (κ2) is 4.04. The van der Waals surface area contributed by atoms with Crippen LogP contribution in [0.15, 0.2) is 6.07 Å². The molecule has 0 aromatic carbocycles. The molecule has 0 atom stereocenters. The number of hydrazine groups is 1. The van der Waals surface area contributed by atoms with Gasteiger partial charge in [0.25, 0.3) is 0 Å². The summed E-state index contributed by atoms with van der Waals surface area (Å²) in [6, 6.07) is 1.89. The van der Waals surface area contributed by atoms with Crippen molar-refractivity contribution in [1.82, 2.24) is 15.0 Å². The Morgan fingerprint density at radius 1 is 1.31 bits per heavy atom. The van der Waals surface area contributed by atoms with Crippen LogP contribution in [0.1, 0.15) is 5.69 Å². The van der Waals surface area contributed by atoms with Crippen LogP contribution in [0.3, 0.4) is 0 Å². The Bertz CT molecular complexity index is 284. The largest absolute Gasteiger partial charge is 0.357 e. The summed E-state index contributed by atoms with van der Waals surface area (Å²) in [5.74, 6) is 1.42. The van der Waals surface area contributed by atoms with Crippen LogP contribution in [0.4, 0.5) is 11.8 Å². The summed E-state index contributed by atoms with van der Waals surface area (Å²) in [6.45, 7) is 1.93. The molecule has 0 bridgehead atoms. The number of aryl methyl sites for hydroxylation is 1. The molecule has 0 saturated heterocycles. The zero-order valence-electron chi connectivity index (χ0n) is 8.42. The van der Waals surface area contributed by atoms with Gasteiger partial charge in [0, 0.05) is 32.9 Å². The highest BCUT2D eigenvalue weighted by molar-refractivity contribution is 5.40. The topological polar surface area (TPSA) is 53.1 Å². The average molecular weight is 181 g/mol. The fraction of sp³-hybridized carbons (Fsp3) is 0.500. The van der Waals surface area contributed by atoms with Gasteiger partial charge in [-0.05, 0) is 6.92 Å². The molecule has 0 radical (unpaired) electrons. The molecule has 2 N–H and O–H groups in total. The number of anilines is 2. The predicted molar refractivity (Wildman–Crippen MR) is 53.6 cm³/mol. The molecule has 0 amide bonds. The van der Waals surface area contributed by atoms with E-state index >= 15 is 0 Å². The highest BCUT2D eigenvalue weighted by Gasteiger charge is 1.99. The Morgan fingerprint density at radius 3 is 2.54 bits per heavy atom. The number of aromatic nitrogens is 2. The number of nitrogens with zero attached hydrogens (tertiary/aromatic N) is 3. The molecule has 1 aromatic heterocycles. The summed E-state index contributed by atoms with van der Waals surface area (Å²) in [7, 11) is 5.63. The van der Waals surface area contributed by atoms with Gasteiger partial charge in [0.15, 0.2) is 0 Å². The molecule has 0 spiro atoms. The molecular formula is C8H15N5. The van der Waals surface area contributed by atoms with Crippen LogP contribution in [0, 0.1) is 6.92 Å². The number of rotatable bonds is 3. The molecule has 5 heteroatoms. The SMILES string of the molecule is CNc1nc(C)cc(NN(C)C)n1. The van der Waals surface area contributed by atoms with Crippen molar-refractivity contribution in [3.8, 4) is 0 Å². The van der Waals surface area contributed by atoms with E-state index < -0.39 is 0 Å². The number of nitrogens with one attached hydrogen (secondary N) is 2. The van der Waals surface area contributed by atoms with E-state index in [0.717, 1.165) is 11.5 Å². The van der Waals surface area contributed by atoms with E-state index in [9.17, 15) is 0 Å². The highest BCUT2D eigenvalue weighted by atomic mass is 15.5. The van der Waals surface area contributed by atoms with Crippen molar-refractivity contribution in [2.24, 2.45) is 0 Å². The molecule has 13 heavy (non-hydrogen) atoms. The lowest BCUT2D eigenvalue weighted by molar-refractivity contribution is 0.492. The minimum Gasteiger partial charge on any atom is -0.357 e. The maximum atomic E-state index is 4.22. The van der Waals surface area contributed by atoms with E-state index in [1.807, 2.05) is 32.1 Å². The minimum atomic E-state index is 0.629. The fourth-order valence-corrected chi connectivity index (χ4v) is 0.967. The molecule has 1 heterocycles. The summed E-state index contributed by atoms with van der Waals surface area (Å²) in [5.41, 5.74) is 4.00. The third kappa shape index (κ3) is 2.87. The first-order valence-electron chi connectivity index (χ1n) is 4.09. The quantitative estimate of drug-likeness (QED) is 0.673. The summed E-state index contributed by atoms with van der Waals surface area (Å²) < 4.78 is 0. The van der Waals surface area contributed by atoms with E-state index in [0.29, 0.717) is 5.95 Å².